The van der Waals surface area contributed by atoms with E-state index in [4.69, 9.17) is 0 Å². The van der Waals surface area contributed by atoms with Gasteiger partial charge in [-0.3, -0.25) is 0 Å². The maximum atomic E-state index is 3.45. The topological polar surface area (TPSA) is 12.0 Å². The first-order chi connectivity index (χ1) is 8.22. The van der Waals surface area contributed by atoms with Gasteiger partial charge >= 0.3 is 0 Å². The molecule has 90 valence electrons. The Morgan fingerprint density at radius 2 is 1.94 bits per heavy atom. The number of hydrogen-bond acceptors (Lipinski definition) is 2. The third kappa shape index (κ3) is 2.76. The van der Waals surface area contributed by atoms with E-state index in [0.29, 0.717) is 6.04 Å². The molecule has 1 nitrogen and oxygen atoms in total. The minimum absolute atomic E-state index is 0.447. The van der Waals surface area contributed by atoms with Crippen molar-refractivity contribution in [1.82, 2.24) is 5.32 Å². The van der Waals surface area contributed by atoms with Crippen LogP contribution in [0.1, 0.15) is 30.3 Å². The maximum Gasteiger partial charge on any atom is 0.0386 e. The van der Waals surface area contributed by atoms with Gasteiger partial charge in [-0.1, -0.05) is 31.2 Å². The van der Waals surface area contributed by atoms with Crippen molar-refractivity contribution in [2.24, 2.45) is 0 Å². The average Bonchev–Trinajstić information content (AvgIpc) is 2.79. The second kappa shape index (κ2) is 5.48. The molecular weight excluding hydrogens is 226 g/mol. The molecule has 1 unspecified atom stereocenters. The second-order valence-corrected chi connectivity index (χ2v) is 5.41. The molecule has 0 spiro atoms. The molecule has 1 aromatic heterocycles. The number of nitrogens with one attached hydrogen (secondary N) is 1. The van der Waals surface area contributed by atoms with E-state index in [2.05, 4.69) is 62.5 Å². The number of hydrogen-bond donors (Lipinski definition) is 1. The second-order valence-electron chi connectivity index (χ2n) is 4.30. The van der Waals surface area contributed by atoms with Crippen LogP contribution in [-0.2, 0) is 0 Å². The van der Waals surface area contributed by atoms with Gasteiger partial charge in [0.1, 0.15) is 0 Å². The van der Waals surface area contributed by atoms with Gasteiger partial charge in [0.15, 0.2) is 0 Å². The smallest absolute Gasteiger partial charge is 0.0386 e. The number of aryl methyl sites for hydroxylation is 1. The van der Waals surface area contributed by atoms with Crippen LogP contribution < -0.4 is 5.32 Å². The quantitative estimate of drug-likeness (QED) is 0.842. The summed E-state index contributed by atoms with van der Waals surface area (Å²) in [5, 5.41) is 3.45. The van der Waals surface area contributed by atoms with Crippen molar-refractivity contribution >= 4 is 11.3 Å². The van der Waals surface area contributed by atoms with E-state index < -0.39 is 0 Å². The lowest BCUT2D eigenvalue weighted by Crippen LogP contribution is -2.16. The van der Waals surface area contributed by atoms with Gasteiger partial charge in [-0.25, -0.2) is 0 Å². The van der Waals surface area contributed by atoms with Crippen molar-refractivity contribution in [2.45, 2.75) is 26.8 Å². The molecule has 0 saturated heterocycles. The Morgan fingerprint density at radius 1 is 1.18 bits per heavy atom. The van der Waals surface area contributed by atoms with Crippen LogP contribution in [0.3, 0.4) is 0 Å². The zero-order valence-corrected chi connectivity index (χ0v) is 11.5. The van der Waals surface area contributed by atoms with Gasteiger partial charge in [0.05, 0.1) is 0 Å². The minimum atomic E-state index is 0.447. The molecule has 2 rings (SSSR count). The Kier molecular flexibility index (Phi) is 3.97. The largest absolute Gasteiger partial charge is 0.310 e. The average molecular weight is 245 g/mol. The fraction of sp³-hybridized carbons (Fsp3) is 0.333. The zero-order chi connectivity index (χ0) is 12.3. The molecule has 17 heavy (non-hydrogen) atoms. The number of rotatable bonds is 4. The van der Waals surface area contributed by atoms with Crippen molar-refractivity contribution in [3.05, 3.63) is 46.8 Å². The van der Waals surface area contributed by atoms with E-state index in [0.717, 1.165) is 6.54 Å². The monoisotopic (exact) mass is 245 g/mol. The van der Waals surface area contributed by atoms with Gasteiger partial charge in [0.25, 0.3) is 0 Å². The Morgan fingerprint density at radius 3 is 2.65 bits per heavy atom. The highest BCUT2D eigenvalue weighted by atomic mass is 32.1. The first-order valence-corrected chi connectivity index (χ1v) is 6.93. The molecule has 1 atom stereocenters. The highest BCUT2D eigenvalue weighted by Crippen LogP contribution is 2.32. The van der Waals surface area contributed by atoms with Crippen molar-refractivity contribution in [3.63, 3.8) is 0 Å². The molecule has 0 aliphatic rings. The first-order valence-electron chi connectivity index (χ1n) is 6.11. The summed E-state index contributed by atoms with van der Waals surface area (Å²) in [5.74, 6) is 0. The highest BCUT2D eigenvalue weighted by Gasteiger charge is 2.09. The Labute approximate surface area is 108 Å². The molecule has 2 aromatic rings. The molecule has 0 amide bonds. The Bertz CT molecular complexity index is 487. The predicted octanol–water partition coefficient (Wildman–Crippen LogP) is 4.39. The fourth-order valence-corrected chi connectivity index (χ4v) is 3.11. The standard InChI is InChI=1S/C15H19NS/c1-4-16-12(3)14-9-10-15(17-14)13-8-6-5-7-11(13)2/h5-10,12,16H,4H2,1-3H3. The van der Waals surface area contributed by atoms with Gasteiger partial charge in [-0.15, -0.1) is 11.3 Å². The Hall–Kier alpha value is -1.12. The van der Waals surface area contributed by atoms with E-state index in [-0.39, 0.29) is 0 Å². The molecule has 0 aliphatic heterocycles. The summed E-state index contributed by atoms with van der Waals surface area (Å²) in [4.78, 5) is 2.77. The number of thiophene rings is 1. The summed E-state index contributed by atoms with van der Waals surface area (Å²) in [5.41, 5.74) is 2.70. The van der Waals surface area contributed by atoms with Crippen LogP contribution in [0.15, 0.2) is 36.4 Å². The van der Waals surface area contributed by atoms with Gasteiger partial charge in [-0.05, 0) is 43.7 Å². The first kappa shape index (κ1) is 12.3. The maximum absolute atomic E-state index is 3.45. The van der Waals surface area contributed by atoms with Gasteiger partial charge in [0, 0.05) is 15.8 Å². The highest BCUT2D eigenvalue weighted by molar-refractivity contribution is 7.15. The lowest BCUT2D eigenvalue weighted by molar-refractivity contribution is 0.607. The van der Waals surface area contributed by atoms with Gasteiger partial charge in [0.2, 0.25) is 0 Å². The van der Waals surface area contributed by atoms with Gasteiger partial charge in [-0.2, -0.15) is 0 Å². The van der Waals surface area contributed by atoms with E-state index >= 15 is 0 Å². The molecule has 1 N–H and O–H groups in total. The van der Waals surface area contributed by atoms with E-state index in [1.807, 2.05) is 11.3 Å². The summed E-state index contributed by atoms with van der Waals surface area (Å²) in [6.07, 6.45) is 0. The molecular formula is C15H19NS. The molecule has 2 heteroatoms. The lowest BCUT2D eigenvalue weighted by Gasteiger charge is -2.09. The summed E-state index contributed by atoms with van der Waals surface area (Å²) >= 11 is 1.89. The molecule has 1 heterocycles. The van der Waals surface area contributed by atoms with E-state index in [1.165, 1.54) is 20.9 Å². The third-order valence-corrected chi connectivity index (χ3v) is 4.28. The van der Waals surface area contributed by atoms with Crippen LogP contribution in [0.5, 0.6) is 0 Å². The van der Waals surface area contributed by atoms with Crippen LogP contribution in [0.2, 0.25) is 0 Å². The molecule has 0 fully saturated rings. The van der Waals surface area contributed by atoms with Crippen molar-refractivity contribution in [2.75, 3.05) is 6.54 Å². The molecule has 0 saturated carbocycles. The predicted molar refractivity (Wildman–Crippen MR) is 76.6 cm³/mol. The summed E-state index contributed by atoms with van der Waals surface area (Å²) < 4.78 is 0. The lowest BCUT2D eigenvalue weighted by atomic mass is 10.1. The molecule has 0 radical (unpaired) electrons. The van der Waals surface area contributed by atoms with Crippen LogP contribution in [0.25, 0.3) is 10.4 Å². The number of benzene rings is 1. The van der Waals surface area contributed by atoms with E-state index in [9.17, 15) is 0 Å². The van der Waals surface area contributed by atoms with Crippen LogP contribution >= 0.6 is 11.3 Å². The minimum Gasteiger partial charge on any atom is -0.310 e. The van der Waals surface area contributed by atoms with Crippen LogP contribution in [0.4, 0.5) is 0 Å². The van der Waals surface area contributed by atoms with Crippen LogP contribution in [0, 0.1) is 6.92 Å². The van der Waals surface area contributed by atoms with Gasteiger partial charge < -0.3 is 5.32 Å². The SMILES string of the molecule is CCNC(C)c1ccc(-c2ccccc2C)s1. The van der Waals surface area contributed by atoms with Crippen molar-refractivity contribution in [1.29, 1.82) is 0 Å². The van der Waals surface area contributed by atoms with Crippen LogP contribution in [-0.4, -0.2) is 6.54 Å². The summed E-state index contributed by atoms with van der Waals surface area (Å²) in [6.45, 7) is 7.55. The molecule has 0 aliphatic carbocycles. The molecule has 1 aromatic carbocycles. The zero-order valence-electron chi connectivity index (χ0n) is 10.7. The van der Waals surface area contributed by atoms with E-state index in [1.54, 1.807) is 0 Å². The summed E-state index contributed by atoms with van der Waals surface area (Å²) in [7, 11) is 0. The normalized spacial score (nSPS) is 12.6. The van der Waals surface area contributed by atoms with Crippen molar-refractivity contribution < 1.29 is 0 Å². The summed E-state index contributed by atoms with van der Waals surface area (Å²) in [6, 6.07) is 13.5. The fourth-order valence-electron chi connectivity index (χ4n) is 1.99. The van der Waals surface area contributed by atoms with Crippen molar-refractivity contribution in [3.8, 4) is 10.4 Å². The Balaban J connectivity index is 2.27. The molecule has 0 bridgehead atoms. The third-order valence-electron chi connectivity index (χ3n) is 2.97.